The third kappa shape index (κ3) is 14.9. The molecule has 228 valence electrons. The Hall–Kier alpha value is -2.30. The fourth-order valence-electron chi connectivity index (χ4n) is 4.00. The Balaban J connectivity index is 1.42. The van der Waals surface area contributed by atoms with Gasteiger partial charge in [-0.1, -0.05) is 85.4 Å². The van der Waals surface area contributed by atoms with Crippen LogP contribution in [0.3, 0.4) is 0 Å². The van der Waals surface area contributed by atoms with Gasteiger partial charge in [0.25, 0.3) is 20.2 Å². The lowest BCUT2D eigenvalue weighted by Gasteiger charge is -2.06. The highest BCUT2D eigenvalue weighted by Gasteiger charge is 2.15. The number of hydrogen-bond acceptors (Lipinski definition) is 7. The average molecular weight is 607 g/mol. The quantitative estimate of drug-likeness (QED) is 0.0911. The van der Waals surface area contributed by atoms with E-state index in [4.69, 9.17) is 8.37 Å². The molecule has 0 aromatic heterocycles. The second-order valence-corrected chi connectivity index (χ2v) is 13.5. The Morgan fingerprint density at radius 1 is 0.610 bits per heavy atom. The van der Waals surface area contributed by atoms with E-state index < -0.39 is 26.3 Å². The fraction of sp³-hybridized carbons (Fsp3) is 0.500. The molecule has 1 unspecified atom stereocenters. The van der Waals surface area contributed by atoms with Gasteiger partial charge in [0.05, 0.1) is 29.1 Å². The SMILES string of the molecule is Cc1ccc(S(=O)(=O)OCCCCC/C=C/C(O)C/C=C/CCCCCCCOS(=O)(=O)c2ccc(C)cc2)cc1. The van der Waals surface area contributed by atoms with Crippen LogP contribution in [0.4, 0.5) is 0 Å². The smallest absolute Gasteiger partial charge is 0.296 e. The molecule has 2 aromatic rings. The summed E-state index contributed by atoms with van der Waals surface area (Å²) in [5.74, 6) is 0. The molecule has 2 rings (SSSR count). The van der Waals surface area contributed by atoms with Crippen molar-refractivity contribution in [2.45, 2.75) is 100 Å². The van der Waals surface area contributed by atoms with Gasteiger partial charge < -0.3 is 5.11 Å². The van der Waals surface area contributed by atoms with Crippen molar-refractivity contribution in [3.63, 3.8) is 0 Å². The maximum absolute atomic E-state index is 12.1. The van der Waals surface area contributed by atoms with Gasteiger partial charge in [-0.25, -0.2) is 0 Å². The Morgan fingerprint density at radius 3 is 1.54 bits per heavy atom. The summed E-state index contributed by atoms with van der Waals surface area (Å²) in [7, 11) is -7.37. The van der Waals surface area contributed by atoms with Gasteiger partial charge in [0, 0.05) is 0 Å². The highest BCUT2D eigenvalue weighted by Crippen LogP contribution is 2.16. The Bertz CT molecular complexity index is 1260. The molecule has 0 aliphatic rings. The molecule has 1 atom stereocenters. The minimum Gasteiger partial charge on any atom is -0.389 e. The number of unbranched alkanes of at least 4 members (excludes halogenated alkanes) is 8. The standard InChI is InChI=1S/C32H46O7S2/c1-28-18-22-31(23-19-28)40(34,35)38-26-14-10-6-4-3-5-8-12-16-30(33)17-13-9-7-11-15-27-39-41(36,37)32-24-20-29(2)21-25-32/h8,12-13,17-25,30,33H,3-7,9-11,14-16,26-27H2,1-2H3/b12-8+,17-13+. The Morgan fingerprint density at radius 2 is 1.02 bits per heavy atom. The lowest BCUT2D eigenvalue weighted by Crippen LogP contribution is -2.07. The molecule has 0 radical (unpaired) electrons. The number of aryl methyl sites for hydroxylation is 2. The van der Waals surface area contributed by atoms with Crippen LogP contribution in [0, 0.1) is 13.8 Å². The molecule has 0 spiro atoms. The van der Waals surface area contributed by atoms with Crippen LogP contribution in [-0.2, 0) is 28.6 Å². The van der Waals surface area contributed by atoms with Gasteiger partial charge in [0.2, 0.25) is 0 Å². The van der Waals surface area contributed by atoms with Crippen molar-refractivity contribution in [2.75, 3.05) is 13.2 Å². The molecule has 0 aliphatic carbocycles. The molecule has 41 heavy (non-hydrogen) atoms. The zero-order chi connectivity index (χ0) is 30.0. The first-order valence-electron chi connectivity index (χ1n) is 14.5. The molecule has 0 fully saturated rings. The highest BCUT2D eigenvalue weighted by atomic mass is 32.2. The van der Waals surface area contributed by atoms with Crippen LogP contribution >= 0.6 is 0 Å². The van der Waals surface area contributed by atoms with Crippen molar-refractivity contribution >= 4 is 20.2 Å². The highest BCUT2D eigenvalue weighted by molar-refractivity contribution is 7.87. The van der Waals surface area contributed by atoms with E-state index in [9.17, 15) is 21.9 Å². The van der Waals surface area contributed by atoms with E-state index in [2.05, 4.69) is 6.08 Å². The molecule has 1 N–H and O–H groups in total. The molecular formula is C32H46O7S2. The molecule has 0 saturated carbocycles. The van der Waals surface area contributed by atoms with Gasteiger partial charge in [-0.15, -0.1) is 0 Å². The van der Waals surface area contributed by atoms with Crippen molar-refractivity contribution in [1.82, 2.24) is 0 Å². The summed E-state index contributed by atoms with van der Waals surface area (Å²) in [6, 6.07) is 13.3. The Kier molecular flexibility index (Phi) is 16.2. The molecule has 0 heterocycles. The van der Waals surface area contributed by atoms with Crippen molar-refractivity contribution in [1.29, 1.82) is 0 Å². The van der Waals surface area contributed by atoms with Gasteiger partial charge in [-0.3, -0.25) is 8.37 Å². The summed E-state index contributed by atoms with van der Waals surface area (Å²) < 4.78 is 58.8. The third-order valence-electron chi connectivity index (χ3n) is 6.53. The Labute approximate surface area is 247 Å². The topological polar surface area (TPSA) is 107 Å². The maximum Gasteiger partial charge on any atom is 0.296 e. The van der Waals surface area contributed by atoms with E-state index in [1.807, 2.05) is 32.1 Å². The van der Waals surface area contributed by atoms with Crippen LogP contribution in [0.2, 0.25) is 0 Å². The number of aliphatic hydroxyl groups is 1. The van der Waals surface area contributed by atoms with Gasteiger partial charge in [-0.2, -0.15) is 16.8 Å². The van der Waals surface area contributed by atoms with Gasteiger partial charge in [0.1, 0.15) is 0 Å². The summed E-state index contributed by atoms with van der Waals surface area (Å²) in [6.45, 7) is 4.18. The van der Waals surface area contributed by atoms with Crippen LogP contribution in [0.25, 0.3) is 0 Å². The number of hydrogen-bond donors (Lipinski definition) is 1. The summed E-state index contributed by atoms with van der Waals surface area (Å²) in [5.41, 5.74) is 2.00. The fourth-order valence-corrected chi connectivity index (χ4v) is 5.89. The van der Waals surface area contributed by atoms with Gasteiger partial charge in [0.15, 0.2) is 0 Å². The number of rotatable bonds is 21. The molecule has 0 amide bonds. The molecule has 0 bridgehead atoms. The third-order valence-corrected chi connectivity index (χ3v) is 9.18. The van der Waals surface area contributed by atoms with E-state index in [0.29, 0.717) is 19.3 Å². The first-order chi connectivity index (χ1) is 19.6. The minimum atomic E-state index is -3.70. The molecule has 0 aliphatic heterocycles. The summed E-state index contributed by atoms with van der Waals surface area (Å²) in [5, 5.41) is 10.1. The first-order valence-corrected chi connectivity index (χ1v) is 17.3. The van der Waals surface area contributed by atoms with Crippen molar-refractivity contribution in [2.24, 2.45) is 0 Å². The molecule has 7 nitrogen and oxygen atoms in total. The van der Waals surface area contributed by atoms with Crippen LogP contribution in [0.1, 0.15) is 81.8 Å². The predicted molar refractivity (Wildman–Crippen MR) is 164 cm³/mol. The van der Waals surface area contributed by atoms with E-state index >= 15 is 0 Å². The number of benzene rings is 2. The second kappa shape index (κ2) is 19.0. The van der Waals surface area contributed by atoms with Crippen LogP contribution < -0.4 is 0 Å². The van der Waals surface area contributed by atoms with Gasteiger partial charge in [-0.05, 0) is 83.1 Å². The largest absolute Gasteiger partial charge is 0.389 e. The van der Waals surface area contributed by atoms with Crippen LogP contribution in [-0.4, -0.2) is 41.3 Å². The summed E-state index contributed by atoms with van der Waals surface area (Å²) in [6.07, 6.45) is 16.9. The zero-order valence-electron chi connectivity index (χ0n) is 24.4. The predicted octanol–water partition coefficient (Wildman–Crippen LogP) is 7.18. The van der Waals surface area contributed by atoms with Crippen molar-refractivity contribution < 1.29 is 30.3 Å². The van der Waals surface area contributed by atoms with E-state index in [0.717, 1.165) is 62.5 Å². The molecular weight excluding hydrogens is 560 g/mol. The zero-order valence-corrected chi connectivity index (χ0v) is 26.0. The second-order valence-electron chi connectivity index (χ2n) is 10.3. The minimum absolute atomic E-state index is 0.167. The van der Waals surface area contributed by atoms with E-state index in [-0.39, 0.29) is 23.0 Å². The average Bonchev–Trinajstić information content (AvgIpc) is 2.93. The van der Waals surface area contributed by atoms with Crippen LogP contribution in [0.15, 0.2) is 82.6 Å². The number of aliphatic hydroxyl groups excluding tert-OH is 1. The molecule has 0 saturated heterocycles. The van der Waals surface area contributed by atoms with E-state index in [1.165, 1.54) is 0 Å². The van der Waals surface area contributed by atoms with Crippen LogP contribution in [0.5, 0.6) is 0 Å². The monoisotopic (exact) mass is 606 g/mol. The number of allylic oxidation sites excluding steroid dienone is 2. The molecule has 9 heteroatoms. The molecule has 2 aromatic carbocycles. The normalized spacial score (nSPS) is 13.3. The lowest BCUT2D eigenvalue weighted by molar-refractivity contribution is 0.226. The first kappa shape index (κ1) is 34.9. The van der Waals surface area contributed by atoms with Crippen molar-refractivity contribution in [3.05, 3.63) is 84.0 Å². The van der Waals surface area contributed by atoms with E-state index in [1.54, 1.807) is 48.5 Å². The maximum atomic E-state index is 12.1. The lowest BCUT2D eigenvalue weighted by atomic mass is 10.1. The summed E-state index contributed by atoms with van der Waals surface area (Å²) >= 11 is 0. The summed E-state index contributed by atoms with van der Waals surface area (Å²) in [4.78, 5) is 0.379. The van der Waals surface area contributed by atoms with Crippen molar-refractivity contribution in [3.8, 4) is 0 Å². The van der Waals surface area contributed by atoms with Gasteiger partial charge >= 0.3 is 0 Å².